The van der Waals surface area contributed by atoms with Crippen molar-refractivity contribution in [3.8, 4) is 5.75 Å². The lowest BCUT2D eigenvalue weighted by Gasteiger charge is -2.06. The van der Waals surface area contributed by atoms with Gasteiger partial charge in [0.1, 0.15) is 0 Å². The third-order valence-electron chi connectivity index (χ3n) is 3.15. The number of ether oxygens (including phenoxy) is 1. The van der Waals surface area contributed by atoms with Crippen molar-refractivity contribution in [2.75, 3.05) is 6.61 Å². The van der Waals surface area contributed by atoms with Crippen molar-refractivity contribution >= 4 is 35.0 Å². The van der Waals surface area contributed by atoms with Crippen LogP contribution in [0.4, 0.5) is 5.69 Å². The fraction of sp³-hybridized carbons (Fsp3) is 0.111. The fourth-order valence-electron chi connectivity index (χ4n) is 1.90. The zero-order valence-electron chi connectivity index (χ0n) is 13.9. The Hall–Kier alpha value is -3.19. The highest BCUT2D eigenvalue weighted by atomic mass is 35.5. The normalized spacial score (nSPS) is 11.4. The molecule has 0 aliphatic carbocycles. The molecular formula is C18H16ClN3O4. The number of halogens is 1. The Labute approximate surface area is 155 Å². The molecule has 1 N–H and O–H groups in total. The van der Waals surface area contributed by atoms with Crippen LogP contribution in [0.3, 0.4) is 0 Å². The van der Waals surface area contributed by atoms with Gasteiger partial charge < -0.3 is 4.74 Å². The third kappa shape index (κ3) is 6.03. The number of hydrazone groups is 1. The predicted molar refractivity (Wildman–Crippen MR) is 100 cm³/mol. The Balaban J connectivity index is 1.89. The van der Waals surface area contributed by atoms with Crippen molar-refractivity contribution in [2.45, 2.75) is 6.92 Å². The summed E-state index contributed by atoms with van der Waals surface area (Å²) in [6, 6.07) is 13.6. The largest absolute Gasteiger partial charge is 0.477 e. The number of nitro groups is 1. The zero-order chi connectivity index (χ0) is 18.9. The molecule has 0 aliphatic heterocycles. The topological polar surface area (TPSA) is 93.8 Å². The number of benzene rings is 2. The number of nitro benzene ring substituents is 1. The molecular weight excluding hydrogens is 358 g/mol. The summed E-state index contributed by atoms with van der Waals surface area (Å²) in [5.74, 6) is -0.582. The summed E-state index contributed by atoms with van der Waals surface area (Å²) in [5.41, 5.74) is 3.61. The lowest BCUT2D eigenvalue weighted by Crippen LogP contribution is -2.25. The van der Waals surface area contributed by atoms with Crippen molar-refractivity contribution in [1.29, 1.82) is 0 Å². The number of amides is 1. The standard InChI is InChI=1S/C18H16ClN3O4/c1-13(7-8-14-5-3-2-4-6-14)20-21-18(23)12-26-17-10-9-15(19)11-16(17)22(24)25/h2-11H,12H2,1H3,(H,21,23)/b8-7+,20-13-. The SMILES string of the molecule is CC(/C=C/c1ccccc1)=N/NC(=O)COc1ccc(Cl)cc1[N+](=O)[O-]. The highest BCUT2D eigenvalue weighted by Gasteiger charge is 2.16. The van der Waals surface area contributed by atoms with Crippen molar-refractivity contribution in [1.82, 2.24) is 5.43 Å². The first-order valence-electron chi connectivity index (χ1n) is 7.58. The molecule has 0 unspecified atom stereocenters. The number of carbonyl (C=O) groups excluding carboxylic acids is 1. The van der Waals surface area contributed by atoms with Crippen molar-refractivity contribution < 1.29 is 14.5 Å². The summed E-state index contributed by atoms with van der Waals surface area (Å²) in [6.45, 7) is 1.31. The smallest absolute Gasteiger partial charge is 0.312 e. The van der Waals surface area contributed by atoms with Crippen LogP contribution in [-0.2, 0) is 4.79 Å². The Morgan fingerprint density at radius 1 is 1.31 bits per heavy atom. The maximum absolute atomic E-state index is 11.8. The van der Waals surface area contributed by atoms with E-state index in [1.54, 1.807) is 13.0 Å². The number of hydrogen-bond donors (Lipinski definition) is 1. The third-order valence-corrected chi connectivity index (χ3v) is 3.39. The van der Waals surface area contributed by atoms with Crippen LogP contribution < -0.4 is 10.2 Å². The molecule has 0 heterocycles. The molecule has 8 heteroatoms. The minimum absolute atomic E-state index is 0.0424. The summed E-state index contributed by atoms with van der Waals surface area (Å²) in [6.07, 6.45) is 3.61. The van der Waals surface area contributed by atoms with E-state index >= 15 is 0 Å². The van der Waals surface area contributed by atoms with E-state index in [4.69, 9.17) is 16.3 Å². The average Bonchev–Trinajstić information content (AvgIpc) is 2.64. The van der Waals surface area contributed by atoms with E-state index in [9.17, 15) is 14.9 Å². The molecule has 0 saturated carbocycles. The molecule has 134 valence electrons. The molecule has 0 saturated heterocycles. The molecule has 0 fully saturated rings. The summed E-state index contributed by atoms with van der Waals surface area (Å²) >= 11 is 5.72. The van der Waals surface area contributed by atoms with Gasteiger partial charge >= 0.3 is 5.69 Å². The van der Waals surface area contributed by atoms with Gasteiger partial charge in [0.25, 0.3) is 5.91 Å². The molecule has 0 aliphatic rings. The first kappa shape index (κ1) is 19.1. The Morgan fingerprint density at radius 3 is 2.73 bits per heavy atom. The maximum Gasteiger partial charge on any atom is 0.312 e. The van der Waals surface area contributed by atoms with Gasteiger partial charge in [-0.15, -0.1) is 0 Å². The Bertz CT molecular complexity index is 851. The number of allylic oxidation sites excluding steroid dienone is 1. The molecule has 1 amide bonds. The van der Waals surface area contributed by atoms with E-state index in [0.717, 1.165) is 11.6 Å². The van der Waals surface area contributed by atoms with E-state index in [0.29, 0.717) is 5.71 Å². The van der Waals surface area contributed by atoms with Crippen LogP contribution in [0.15, 0.2) is 59.7 Å². The average molecular weight is 374 g/mol. The van der Waals surface area contributed by atoms with Crippen LogP contribution in [0, 0.1) is 10.1 Å². The van der Waals surface area contributed by atoms with Gasteiger partial charge in [0.2, 0.25) is 0 Å². The number of hydrogen-bond acceptors (Lipinski definition) is 5. The fourth-order valence-corrected chi connectivity index (χ4v) is 2.07. The summed E-state index contributed by atoms with van der Waals surface area (Å²) in [5, 5.41) is 15.1. The van der Waals surface area contributed by atoms with Gasteiger partial charge in [0.05, 0.1) is 10.6 Å². The second-order valence-corrected chi connectivity index (χ2v) is 5.63. The first-order valence-corrected chi connectivity index (χ1v) is 7.96. The van der Waals surface area contributed by atoms with Gasteiger partial charge in [0.15, 0.2) is 12.4 Å². The molecule has 26 heavy (non-hydrogen) atoms. The molecule has 0 aromatic heterocycles. The second kappa shape index (κ2) is 9.33. The monoisotopic (exact) mass is 373 g/mol. The lowest BCUT2D eigenvalue weighted by molar-refractivity contribution is -0.385. The van der Waals surface area contributed by atoms with Gasteiger partial charge in [-0.25, -0.2) is 5.43 Å². The van der Waals surface area contributed by atoms with Crippen LogP contribution >= 0.6 is 11.6 Å². The van der Waals surface area contributed by atoms with Crippen LogP contribution in [0.25, 0.3) is 6.08 Å². The molecule has 2 aromatic rings. The van der Waals surface area contributed by atoms with Crippen LogP contribution in [0.2, 0.25) is 5.02 Å². The highest BCUT2D eigenvalue weighted by molar-refractivity contribution is 6.30. The molecule has 7 nitrogen and oxygen atoms in total. The van der Waals surface area contributed by atoms with Crippen molar-refractivity contribution in [3.05, 3.63) is 75.3 Å². The summed E-state index contributed by atoms with van der Waals surface area (Å²) in [7, 11) is 0. The molecule has 0 spiro atoms. The quantitative estimate of drug-likeness (QED) is 0.453. The molecule has 2 aromatic carbocycles. The predicted octanol–water partition coefficient (Wildman–Crippen LogP) is 3.83. The summed E-state index contributed by atoms with van der Waals surface area (Å²) < 4.78 is 5.18. The number of carbonyl (C=O) groups is 1. The van der Waals surface area contributed by atoms with Gasteiger partial charge in [-0.2, -0.15) is 5.10 Å². The Morgan fingerprint density at radius 2 is 2.04 bits per heavy atom. The molecule has 0 atom stereocenters. The van der Waals surface area contributed by atoms with E-state index in [-0.39, 0.29) is 16.5 Å². The zero-order valence-corrected chi connectivity index (χ0v) is 14.6. The van der Waals surface area contributed by atoms with E-state index < -0.39 is 17.4 Å². The van der Waals surface area contributed by atoms with E-state index in [1.165, 1.54) is 12.1 Å². The van der Waals surface area contributed by atoms with Crippen LogP contribution in [0.1, 0.15) is 12.5 Å². The lowest BCUT2D eigenvalue weighted by atomic mass is 10.2. The number of rotatable bonds is 7. The minimum atomic E-state index is -0.629. The van der Waals surface area contributed by atoms with Gasteiger partial charge in [-0.05, 0) is 30.7 Å². The van der Waals surface area contributed by atoms with Crippen molar-refractivity contribution in [3.63, 3.8) is 0 Å². The summed E-state index contributed by atoms with van der Waals surface area (Å²) in [4.78, 5) is 22.1. The first-order chi connectivity index (χ1) is 12.5. The van der Waals surface area contributed by atoms with Gasteiger partial charge in [-0.1, -0.05) is 48.0 Å². The Kier molecular flexibility index (Phi) is 6.87. The molecule has 0 radical (unpaired) electrons. The van der Waals surface area contributed by atoms with Crippen LogP contribution in [-0.4, -0.2) is 23.1 Å². The second-order valence-electron chi connectivity index (χ2n) is 5.19. The number of nitrogens with zero attached hydrogens (tertiary/aromatic N) is 2. The maximum atomic E-state index is 11.8. The minimum Gasteiger partial charge on any atom is -0.477 e. The van der Waals surface area contributed by atoms with Crippen molar-refractivity contribution in [2.24, 2.45) is 5.10 Å². The molecule has 2 rings (SSSR count). The van der Waals surface area contributed by atoms with Gasteiger partial charge in [-0.3, -0.25) is 14.9 Å². The number of nitrogens with one attached hydrogen (secondary N) is 1. The van der Waals surface area contributed by atoms with Crippen LogP contribution in [0.5, 0.6) is 5.75 Å². The van der Waals surface area contributed by atoms with E-state index in [1.807, 2.05) is 36.4 Å². The highest BCUT2D eigenvalue weighted by Crippen LogP contribution is 2.29. The van der Waals surface area contributed by atoms with E-state index in [2.05, 4.69) is 10.5 Å². The molecule has 0 bridgehead atoms. The van der Waals surface area contributed by atoms with Gasteiger partial charge in [0, 0.05) is 11.1 Å².